The molecule has 0 heterocycles. The maximum absolute atomic E-state index is 6.68. The Hall–Kier alpha value is -0.470. The van der Waals surface area contributed by atoms with Gasteiger partial charge in [0.15, 0.2) is 13.3 Å². The molecule has 0 bridgehead atoms. The van der Waals surface area contributed by atoms with Gasteiger partial charge in [-0.25, -0.2) is 0 Å². The zero-order chi connectivity index (χ0) is 16.3. The van der Waals surface area contributed by atoms with Crippen LogP contribution in [-0.2, 0) is 0 Å². The minimum Gasteiger partial charge on any atom is -0.293 e. The fourth-order valence-electron chi connectivity index (χ4n) is 2.68. The highest BCUT2D eigenvalue weighted by Crippen LogP contribution is 2.53. The molecule has 0 aliphatic heterocycles. The predicted molar refractivity (Wildman–Crippen MR) is 102 cm³/mol. The van der Waals surface area contributed by atoms with Crippen molar-refractivity contribution < 1.29 is 0 Å². The summed E-state index contributed by atoms with van der Waals surface area (Å²) < 4.78 is 0. The maximum atomic E-state index is 6.68. The molecule has 0 fully saturated rings. The molecular formula is C18H35N3P+. The van der Waals surface area contributed by atoms with E-state index in [9.17, 15) is 0 Å². The number of rotatable bonds is 12. The zero-order valence-electron chi connectivity index (χ0n) is 14.6. The Kier molecular flexibility index (Phi) is 9.90. The molecule has 1 rings (SSSR count). The Labute approximate surface area is 137 Å². The van der Waals surface area contributed by atoms with Crippen molar-refractivity contribution in [3.05, 3.63) is 30.3 Å². The van der Waals surface area contributed by atoms with Crippen molar-refractivity contribution in [3.63, 3.8) is 0 Å². The van der Waals surface area contributed by atoms with E-state index in [1.165, 1.54) is 31.0 Å². The molecule has 0 spiro atoms. The lowest BCUT2D eigenvalue weighted by Gasteiger charge is -2.32. The van der Waals surface area contributed by atoms with Crippen molar-refractivity contribution >= 4 is 12.9 Å². The first kappa shape index (κ1) is 19.6. The van der Waals surface area contributed by atoms with Gasteiger partial charge in [0.25, 0.3) is 0 Å². The van der Waals surface area contributed by atoms with Crippen LogP contribution in [0.25, 0.3) is 0 Å². The third kappa shape index (κ3) is 5.62. The second kappa shape index (κ2) is 11.1. The average molecular weight is 324 g/mol. The summed E-state index contributed by atoms with van der Waals surface area (Å²) in [5.41, 5.74) is 6.68. The van der Waals surface area contributed by atoms with Crippen LogP contribution in [0.15, 0.2) is 30.3 Å². The van der Waals surface area contributed by atoms with Crippen LogP contribution in [0.4, 0.5) is 0 Å². The van der Waals surface area contributed by atoms with Crippen LogP contribution >= 0.6 is 7.56 Å². The molecule has 1 aromatic rings. The van der Waals surface area contributed by atoms with E-state index in [0.29, 0.717) is 0 Å². The lowest BCUT2D eigenvalue weighted by atomic mass is 10.3. The fourth-order valence-corrected chi connectivity index (χ4v) is 6.32. The fraction of sp³-hybridized carbons (Fsp3) is 0.667. The van der Waals surface area contributed by atoms with E-state index in [2.05, 4.69) is 61.3 Å². The van der Waals surface area contributed by atoms with Gasteiger partial charge in [-0.3, -0.25) is 5.73 Å². The lowest BCUT2D eigenvalue weighted by Crippen LogP contribution is -2.46. The number of benzene rings is 1. The van der Waals surface area contributed by atoms with Crippen molar-refractivity contribution in [2.24, 2.45) is 5.73 Å². The van der Waals surface area contributed by atoms with E-state index in [1.807, 2.05) is 0 Å². The van der Waals surface area contributed by atoms with Crippen LogP contribution in [0.2, 0.25) is 0 Å². The quantitative estimate of drug-likeness (QED) is 0.402. The molecule has 0 saturated heterocycles. The summed E-state index contributed by atoms with van der Waals surface area (Å²) in [5, 5.41) is 9.10. The molecule has 126 valence electrons. The summed E-state index contributed by atoms with van der Waals surface area (Å²) in [4.78, 5) is 0. The Balaban J connectivity index is 3.04. The third-order valence-electron chi connectivity index (χ3n) is 4.03. The highest BCUT2D eigenvalue weighted by molar-refractivity contribution is 7.79. The Bertz CT molecular complexity index is 373. The van der Waals surface area contributed by atoms with E-state index in [4.69, 9.17) is 5.73 Å². The maximum Gasteiger partial charge on any atom is 0.197 e. The van der Waals surface area contributed by atoms with Gasteiger partial charge < -0.3 is 0 Å². The molecule has 0 amide bonds. The van der Waals surface area contributed by atoms with Gasteiger partial charge in [0, 0.05) is 19.5 Å². The van der Waals surface area contributed by atoms with Gasteiger partial charge in [-0.2, -0.15) is 10.2 Å². The van der Waals surface area contributed by atoms with Crippen molar-refractivity contribution in [2.75, 3.05) is 13.1 Å². The number of hydrogen-bond donors (Lipinski definition) is 3. The van der Waals surface area contributed by atoms with E-state index < -0.39 is 7.56 Å². The third-order valence-corrected chi connectivity index (χ3v) is 7.84. The van der Waals surface area contributed by atoms with Crippen LogP contribution in [0, 0.1) is 0 Å². The van der Waals surface area contributed by atoms with Crippen molar-refractivity contribution in [1.29, 1.82) is 0 Å². The highest BCUT2D eigenvalue weighted by atomic mass is 31.2. The van der Waals surface area contributed by atoms with Crippen molar-refractivity contribution in [1.82, 2.24) is 10.2 Å². The summed E-state index contributed by atoms with van der Waals surface area (Å²) in [5.74, 6) is 0.175. The monoisotopic (exact) mass is 324 g/mol. The van der Waals surface area contributed by atoms with Crippen LogP contribution in [0.3, 0.4) is 0 Å². The van der Waals surface area contributed by atoms with Crippen LogP contribution in [-0.4, -0.2) is 18.9 Å². The number of nitrogens with two attached hydrogens (primary N) is 1. The largest absolute Gasteiger partial charge is 0.293 e. The molecule has 1 unspecified atom stereocenters. The van der Waals surface area contributed by atoms with Gasteiger partial charge in [0.2, 0.25) is 0 Å². The summed E-state index contributed by atoms with van der Waals surface area (Å²) >= 11 is 0. The Morgan fingerprint density at radius 3 is 1.91 bits per heavy atom. The first-order valence-corrected chi connectivity index (χ1v) is 10.8. The molecule has 1 atom stereocenters. The van der Waals surface area contributed by atoms with Crippen LogP contribution < -0.4 is 21.2 Å². The van der Waals surface area contributed by atoms with Gasteiger partial charge in [0.05, 0.1) is 0 Å². The normalized spacial score (nSPS) is 13.3. The molecule has 0 aliphatic rings. The number of unbranched alkanes of at least 4 members (excludes halogenated alkanes) is 2. The van der Waals surface area contributed by atoms with Crippen molar-refractivity contribution in [2.45, 2.75) is 65.1 Å². The highest BCUT2D eigenvalue weighted by Gasteiger charge is 2.46. The molecule has 0 aliphatic carbocycles. The summed E-state index contributed by atoms with van der Waals surface area (Å²) in [6.07, 6.45) is 6.99. The summed E-state index contributed by atoms with van der Waals surface area (Å²) in [7, 11) is -1.74. The average Bonchev–Trinajstić information content (AvgIpc) is 2.55. The van der Waals surface area contributed by atoms with E-state index in [-0.39, 0.29) is 5.78 Å². The Morgan fingerprint density at radius 2 is 1.45 bits per heavy atom. The zero-order valence-corrected chi connectivity index (χ0v) is 15.5. The molecular weight excluding hydrogens is 289 g/mol. The first-order valence-electron chi connectivity index (χ1n) is 8.91. The van der Waals surface area contributed by atoms with Gasteiger partial charge in [-0.05, 0) is 25.0 Å². The second-order valence-corrected chi connectivity index (χ2v) is 9.20. The SMILES string of the molecule is CCCCN[P+](NCCCC)(c1ccccc1)C(N)CCC. The van der Waals surface area contributed by atoms with Gasteiger partial charge in [0.1, 0.15) is 5.30 Å². The summed E-state index contributed by atoms with van der Waals surface area (Å²) in [6, 6.07) is 10.8. The first-order chi connectivity index (χ1) is 10.7. The number of nitrogens with one attached hydrogen (secondary N) is 2. The second-order valence-electron chi connectivity index (χ2n) is 5.94. The van der Waals surface area contributed by atoms with Crippen LogP contribution in [0.1, 0.15) is 59.3 Å². The smallest absolute Gasteiger partial charge is 0.197 e. The minimum absolute atomic E-state index is 0.175. The Morgan fingerprint density at radius 1 is 0.909 bits per heavy atom. The molecule has 0 saturated carbocycles. The molecule has 22 heavy (non-hydrogen) atoms. The van der Waals surface area contributed by atoms with Crippen LogP contribution in [0.5, 0.6) is 0 Å². The summed E-state index contributed by atoms with van der Waals surface area (Å²) in [6.45, 7) is 8.77. The predicted octanol–water partition coefficient (Wildman–Crippen LogP) is 4.02. The number of hydrogen-bond acceptors (Lipinski definition) is 3. The van der Waals surface area contributed by atoms with E-state index in [0.717, 1.165) is 25.9 Å². The molecule has 3 nitrogen and oxygen atoms in total. The van der Waals surface area contributed by atoms with E-state index in [1.54, 1.807) is 0 Å². The van der Waals surface area contributed by atoms with E-state index >= 15 is 0 Å². The van der Waals surface area contributed by atoms with Gasteiger partial charge >= 0.3 is 0 Å². The molecule has 0 aromatic heterocycles. The standard InChI is InChI=1S/C18H35N3P/c1-4-7-15-20-22(18(19)12-6-3,21-16-8-5-2)17-13-10-9-11-14-17/h9-11,13-14,18,20-21H,4-8,12,15-16,19H2,1-3H3/q+1. The molecule has 4 N–H and O–H groups in total. The molecule has 4 heteroatoms. The van der Waals surface area contributed by atoms with Gasteiger partial charge in [-0.15, -0.1) is 0 Å². The lowest BCUT2D eigenvalue weighted by molar-refractivity contribution is 0.689. The van der Waals surface area contributed by atoms with Gasteiger partial charge in [-0.1, -0.05) is 58.2 Å². The van der Waals surface area contributed by atoms with Crippen molar-refractivity contribution in [3.8, 4) is 0 Å². The topological polar surface area (TPSA) is 50.1 Å². The minimum atomic E-state index is -1.74. The molecule has 1 aromatic carbocycles. The molecule has 0 radical (unpaired) electrons.